The van der Waals surface area contributed by atoms with Crippen molar-refractivity contribution in [3.63, 3.8) is 0 Å². The van der Waals surface area contributed by atoms with Crippen LogP contribution in [0, 0.1) is 10.1 Å². The van der Waals surface area contributed by atoms with Gasteiger partial charge in [0.2, 0.25) is 5.95 Å². The van der Waals surface area contributed by atoms with Crippen LogP contribution in [0.15, 0.2) is 24.3 Å². The first-order chi connectivity index (χ1) is 12.5. The summed E-state index contributed by atoms with van der Waals surface area (Å²) in [4.78, 5) is 21.8. The van der Waals surface area contributed by atoms with E-state index in [0.717, 1.165) is 43.9 Å². The molecule has 5 N–H and O–H groups in total. The molecule has 3 rings (SSSR count). The Balaban J connectivity index is 0.00000196. The average Bonchev–Trinajstić information content (AvgIpc) is 3.03. The first kappa shape index (κ1) is 23.7. The van der Waals surface area contributed by atoms with Gasteiger partial charge in [-0.05, 0) is 25.0 Å². The van der Waals surface area contributed by atoms with Crippen molar-refractivity contribution in [3.05, 3.63) is 40.1 Å². The van der Waals surface area contributed by atoms with Crippen molar-refractivity contribution in [2.24, 2.45) is 5.73 Å². The molecule has 0 saturated carbocycles. The van der Waals surface area contributed by atoms with Gasteiger partial charge in [-0.2, -0.15) is 4.98 Å². The molecular formula is C17H25Cl2N7O2. The van der Waals surface area contributed by atoms with Gasteiger partial charge in [-0.15, -0.1) is 24.8 Å². The van der Waals surface area contributed by atoms with E-state index in [2.05, 4.69) is 27.1 Å². The molecule has 0 aliphatic carbocycles. The summed E-state index contributed by atoms with van der Waals surface area (Å²) >= 11 is 0. The lowest BCUT2D eigenvalue weighted by Crippen LogP contribution is -2.27. The van der Waals surface area contributed by atoms with Gasteiger partial charge in [0.05, 0.1) is 4.92 Å². The fourth-order valence-corrected chi connectivity index (χ4v) is 2.99. The molecule has 0 bridgehead atoms. The third-order valence-corrected chi connectivity index (χ3v) is 4.30. The van der Waals surface area contributed by atoms with Crippen molar-refractivity contribution in [2.45, 2.75) is 32.2 Å². The summed E-state index contributed by atoms with van der Waals surface area (Å²) in [6.07, 6.45) is 2.72. The number of aryl methyl sites for hydroxylation is 1. The number of hydrogen-bond acceptors (Lipinski definition) is 8. The molecule has 28 heavy (non-hydrogen) atoms. The summed E-state index contributed by atoms with van der Waals surface area (Å²) in [7, 11) is 0. The monoisotopic (exact) mass is 429 g/mol. The molecule has 2 aromatic rings. The zero-order valence-corrected chi connectivity index (χ0v) is 17.1. The number of anilines is 4. The Morgan fingerprint density at radius 2 is 2.07 bits per heavy atom. The lowest BCUT2D eigenvalue weighted by Gasteiger charge is -2.19. The minimum atomic E-state index is -0.508. The lowest BCUT2D eigenvalue weighted by atomic mass is 10.2. The molecule has 1 aromatic heterocycles. The third-order valence-electron chi connectivity index (χ3n) is 4.30. The number of nitrogens with zero attached hydrogens (tertiary/aromatic N) is 4. The van der Waals surface area contributed by atoms with Crippen molar-refractivity contribution in [1.29, 1.82) is 0 Å². The number of rotatable bonds is 6. The van der Waals surface area contributed by atoms with Crippen LogP contribution in [-0.2, 0) is 6.42 Å². The van der Waals surface area contributed by atoms with Gasteiger partial charge in [0.15, 0.2) is 0 Å². The van der Waals surface area contributed by atoms with Crippen LogP contribution in [0.25, 0.3) is 0 Å². The first-order valence-electron chi connectivity index (χ1n) is 8.65. The Morgan fingerprint density at radius 1 is 1.32 bits per heavy atom. The largest absolute Gasteiger partial charge is 0.393 e. The standard InChI is InChI=1S/C17H23N7O2.2ClH/c1-2-3-12-9-16(23-7-6-11(18)10-23)22-17(20-12)21-13-4-5-14(19)15(8-13)24(25)26;;/h4-5,8-9,11H,2-3,6-7,10,18-19H2,1H3,(H,20,21,22);2*1H/t11-;;/m0../s1. The van der Waals surface area contributed by atoms with Crippen LogP contribution >= 0.6 is 24.8 Å². The molecule has 11 heteroatoms. The molecule has 1 aromatic carbocycles. The zero-order valence-electron chi connectivity index (χ0n) is 15.5. The molecule has 1 aliphatic rings. The Hall–Kier alpha value is -2.36. The number of nitro groups is 1. The first-order valence-corrected chi connectivity index (χ1v) is 8.65. The number of nitro benzene ring substituents is 1. The second-order valence-electron chi connectivity index (χ2n) is 6.44. The van der Waals surface area contributed by atoms with E-state index < -0.39 is 4.92 Å². The van der Waals surface area contributed by atoms with Crippen molar-refractivity contribution >= 4 is 53.6 Å². The van der Waals surface area contributed by atoms with Gasteiger partial charge in [-0.25, -0.2) is 4.98 Å². The fourth-order valence-electron chi connectivity index (χ4n) is 2.99. The quantitative estimate of drug-likeness (QED) is 0.361. The summed E-state index contributed by atoms with van der Waals surface area (Å²) < 4.78 is 0. The Morgan fingerprint density at radius 3 is 2.68 bits per heavy atom. The average molecular weight is 430 g/mol. The number of benzene rings is 1. The smallest absolute Gasteiger partial charge is 0.294 e. The third kappa shape index (κ3) is 5.57. The maximum atomic E-state index is 11.1. The number of halogens is 2. The van der Waals surface area contributed by atoms with Gasteiger partial charge in [-0.1, -0.05) is 13.3 Å². The normalized spacial score (nSPS) is 15.5. The Labute approximate surface area is 175 Å². The highest BCUT2D eigenvalue weighted by molar-refractivity contribution is 5.85. The van der Waals surface area contributed by atoms with E-state index in [1.165, 1.54) is 12.1 Å². The minimum Gasteiger partial charge on any atom is -0.393 e. The topological polar surface area (TPSA) is 136 Å². The summed E-state index contributed by atoms with van der Waals surface area (Å²) in [5.74, 6) is 1.23. The molecule has 1 fully saturated rings. The summed E-state index contributed by atoms with van der Waals surface area (Å²) in [6.45, 7) is 3.70. The summed E-state index contributed by atoms with van der Waals surface area (Å²) in [6, 6.07) is 6.69. The van der Waals surface area contributed by atoms with Gasteiger partial charge in [0, 0.05) is 42.6 Å². The second-order valence-corrected chi connectivity index (χ2v) is 6.44. The molecule has 1 atom stereocenters. The maximum absolute atomic E-state index is 11.1. The van der Waals surface area contributed by atoms with E-state index in [4.69, 9.17) is 11.5 Å². The number of nitrogens with one attached hydrogen (secondary N) is 1. The van der Waals surface area contributed by atoms with Crippen LogP contribution in [0.2, 0.25) is 0 Å². The zero-order chi connectivity index (χ0) is 18.7. The lowest BCUT2D eigenvalue weighted by molar-refractivity contribution is -0.383. The van der Waals surface area contributed by atoms with Crippen molar-refractivity contribution in [1.82, 2.24) is 9.97 Å². The second kappa shape index (κ2) is 10.3. The highest BCUT2D eigenvalue weighted by atomic mass is 35.5. The van der Waals surface area contributed by atoms with E-state index in [0.29, 0.717) is 11.6 Å². The molecule has 1 saturated heterocycles. The van der Waals surface area contributed by atoms with Gasteiger partial charge in [-0.3, -0.25) is 10.1 Å². The van der Waals surface area contributed by atoms with E-state index in [1.54, 1.807) is 6.07 Å². The predicted octanol–water partition coefficient (Wildman–Crippen LogP) is 3.04. The van der Waals surface area contributed by atoms with E-state index >= 15 is 0 Å². The van der Waals surface area contributed by atoms with E-state index in [1.807, 2.05) is 6.07 Å². The minimum absolute atomic E-state index is 0. The fraction of sp³-hybridized carbons (Fsp3) is 0.412. The summed E-state index contributed by atoms with van der Waals surface area (Å²) in [5.41, 5.74) is 13.1. The highest BCUT2D eigenvalue weighted by Crippen LogP contribution is 2.27. The predicted molar refractivity (Wildman–Crippen MR) is 116 cm³/mol. The SMILES string of the molecule is CCCc1cc(N2CC[C@H](N)C2)nc(Nc2ccc(N)c([N+](=O)[O-])c2)n1.Cl.Cl. The molecule has 0 amide bonds. The number of hydrogen-bond donors (Lipinski definition) is 3. The van der Waals surface area contributed by atoms with Gasteiger partial charge < -0.3 is 21.7 Å². The number of nitrogens with two attached hydrogens (primary N) is 2. The van der Waals surface area contributed by atoms with E-state index in [-0.39, 0.29) is 42.2 Å². The molecule has 0 radical (unpaired) electrons. The Bertz CT molecular complexity index is 822. The van der Waals surface area contributed by atoms with Crippen molar-refractivity contribution < 1.29 is 4.92 Å². The van der Waals surface area contributed by atoms with Gasteiger partial charge >= 0.3 is 0 Å². The molecule has 1 aliphatic heterocycles. The molecule has 2 heterocycles. The van der Waals surface area contributed by atoms with Gasteiger partial charge in [0.1, 0.15) is 11.5 Å². The van der Waals surface area contributed by atoms with Crippen molar-refractivity contribution in [3.8, 4) is 0 Å². The Kier molecular flexibility index (Phi) is 8.67. The summed E-state index contributed by atoms with van der Waals surface area (Å²) in [5, 5.41) is 14.1. The van der Waals surface area contributed by atoms with Crippen LogP contribution in [0.5, 0.6) is 0 Å². The number of aromatic nitrogens is 2. The van der Waals surface area contributed by atoms with Crippen LogP contribution < -0.4 is 21.7 Å². The maximum Gasteiger partial charge on any atom is 0.294 e. The molecular weight excluding hydrogens is 405 g/mol. The molecule has 9 nitrogen and oxygen atoms in total. The molecule has 0 unspecified atom stereocenters. The van der Waals surface area contributed by atoms with Crippen molar-refractivity contribution in [2.75, 3.05) is 29.0 Å². The van der Waals surface area contributed by atoms with Crippen LogP contribution in [0.3, 0.4) is 0 Å². The van der Waals surface area contributed by atoms with E-state index in [9.17, 15) is 10.1 Å². The van der Waals surface area contributed by atoms with Crippen LogP contribution in [-0.4, -0.2) is 34.0 Å². The van der Waals surface area contributed by atoms with Crippen LogP contribution in [0.4, 0.5) is 28.8 Å². The molecule has 0 spiro atoms. The van der Waals surface area contributed by atoms with Gasteiger partial charge in [0.25, 0.3) is 5.69 Å². The number of nitrogen functional groups attached to an aromatic ring is 1. The molecule has 154 valence electrons. The highest BCUT2D eigenvalue weighted by Gasteiger charge is 2.21. The van der Waals surface area contributed by atoms with Crippen LogP contribution in [0.1, 0.15) is 25.5 Å².